The van der Waals surface area contributed by atoms with Gasteiger partial charge in [-0.25, -0.2) is 15.0 Å². The van der Waals surface area contributed by atoms with Gasteiger partial charge in [0.2, 0.25) is 0 Å². The number of anilines is 4. The van der Waals surface area contributed by atoms with Crippen molar-refractivity contribution in [2.75, 3.05) is 28.2 Å². The number of aromatic nitrogens is 3. The molecule has 2 aromatic heterocycles. The molecule has 0 amide bonds. The summed E-state index contributed by atoms with van der Waals surface area (Å²) in [6.07, 6.45) is 4.23. The van der Waals surface area contributed by atoms with Gasteiger partial charge in [0.15, 0.2) is 0 Å². The van der Waals surface area contributed by atoms with Crippen LogP contribution in [0.3, 0.4) is 0 Å². The van der Waals surface area contributed by atoms with Crippen LogP contribution in [-0.4, -0.2) is 34.1 Å². The molecule has 0 saturated carbocycles. The van der Waals surface area contributed by atoms with Gasteiger partial charge in [-0.15, -0.1) is 0 Å². The van der Waals surface area contributed by atoms with Crippen LogP contribution in [0.5, 0.6) is 0 Å². The highest BCUT2D eigenvalue weighted by atomic mass is 35.5. The number of fused-ring (bicyclic) bond motifs is 1. The van der Waals surface area contributed by atoms with Crippen LogP contribution in [0, 0.1) is 6.92 Å². The first-order valence-corrected chi connectivity index (χ1v) is 12.2. The minimum absolute atomic E-state index is 0.234. The average Bonchev–Trinajstić information content (AvgIpc) is 2.83. The third-order valence-corrected chi connectivity index (χ3v) is 6.26. The number of aryl methyl sites for hydroxylation is 1. The molecule has 0 fully saturated rings. The lowest BCUT2D eigenvalue weighted by Crippen LogP contribution is -2.40. The third-order valence-electron chi connectivity index (χ3n) is 5.96. The molecule has 1 aliphatic rings. The van der Waals surface area contributed by atoms with E-state index in [0.717, 1.165) is 48.1 Å². The molecule has 1 atom stereocenters. The fourth-order valence-electron chi connectivity index (χ4n) is 4.29. The first-order chi connectivity index (χ1) is 16.0. The number of hydrogen-bond donors (Lipinski definition) is 1. The van der Waals surface area contributed by atoms with E-state index in [0.29, 0.717) is 11.6 Å². The fraction of sp³-hybridized carbons (Fsp3) is 0.423. The van der Waals surface area contributed by atoms with Crippen molar-refractivity contribution in [3.05, 3.63) is 64.7 Å². The molecule has 3 heterocycles. The molecular formula is C26H35ClN6. The Morgan fingerprint density at radius 2 is 1.88 bits per heavy atom. The highest BCUT2D eigenvalue weighted by molar-refractivity contribution is 6.32. The lowest BCUT2D eigenvalue weighted by atomic mass is 9.98. The lowest BCUT2D eigenvalue weighted by Gasteiger charge is -2.36. The maximum atomic E-state index is 6.41. The van der Waals surface area contributed by atoms with Crippen LogP contribution in [0.25, 0.3) is 0 Å². The van der Waals surface area contributed by atoms with Crippen LogP contribution in [0.1, 0.15) is 51.4 Å². The van der Waals surface area contributed by atoms with Crippen molar-refractivity contribution in [3.8, 4) is 0 Å². The molecule has 6 nitrogen and oxygen atoms in total. The summed E-state index contributed by atoms with van der Waals surface area (Å²) in [4.78, 5) is 18.2. The van der Waals surface area contributed by atoms with Gasteiger partial charge in [0.05, 0.1) is 17.3 Å². The highest BCUT2D eigenvalue weighted by Crippen LogP contribution is 2.34. The minimum Gasteiger partial charge on any atom is -0.372 e. The molecule has 176 valence electrons. The molecule has 7 heteroatoms. The molecule has 0 radical (unpaired) electrons. The predicted molar refractivity (Wildman–Crippen MR) is 140 cm³/mol. The predicted octanol–water partition coefficient (Wildman–Crippen LogP) is 6.40. The summed E-state index contributed by atoms with van der Waals surface area (Å²) in [7, 11) is 0. The van der Waals surface area contributed by atoms with Crippen LogP contribution in [-0.2, 0) is 13.0 Å². The Morgan fingerprint density at radius 3 is 2.55 bits per heavy atom. The number of benzene rings is 1. The van der Waals surface area contributed by atoms with Crippen molar-refractivity contribution in [2.24, 2.45) is 0 Å². The summed E-state index contributed by atoms with van der Waals surface area (Å²) < 4.78 is 0. The van der Waals surface area contributed by atoms with Gasteiger partial charge >= 0.3 is 0 Å². The Bertz CT molecular complexity index is 1070. The topological polar surface area (TPSA) is 57.2 Å². The van der Waals surface area contributed by atoms with Crippen LogP contribution in [0.2, 0.25) is 5.02 Å². The van der Waals surface area contributed by atoms with Crippen molar-refractivity contribution in [2.45, 2.75) is 60.5 Å². The van der Waals surface area contributed by atoms with E-state index in [1.807, 2.05) is 26.0 Å². The second kappa shape index (κ2) is 11.3. The number of nitrogens with one attached hydrogen (secondary N) is 1. The van der Waals surface area contributed by atoms with Gasteiger partial charge in [0.1, 0.15) is 18.0 Å². The quantitative estimate of drug-likeness (QED) is 0.453. The van der Waals surface area contributed by atoms with E-state index in [2.05, 4.69) is 76.0 Å². The Morgan fingerprint density at radius 1 is 1.12 bits per heavy atom. The first kappa shape index (κ1) is 24.8. The van der Waals surface area contributed by atoms with Gasteiger partial charge in [0, 0.05) is 42.3 Å². The summed E-state index contributed by atoms with van der Waals surface area (Å²) in [5.41, 5.74) is 5.73. The SMILES string of the molecule is CC.CCN(CC)c1ccc(Nc2ncnc3c2CC(C)N(c2ncccc2Cl)C3)cc1C. The van der Waals surface area contributed by atoms with E-state index in [1.54, 1.807) is 12.5 Å². The van der Waals surface area contributed by atoms with Crippen LogP contribution >= 0.6 is 11.6 Å². The van der Waals surface area contributed by atoms with Crippen molar-refractivity contribution in [3.63, 3.8) is 0 Å². The molecule has 33 heavy (non-hydrogen) atoms. The zero-order valence-corrected chi connectivity index (χ0v) is 21.3. The van der Waals surface area contributed by atoms with Gasteiger partial charge in [-0.2, -0.15) is 0 Å². The summed E-state index contributed by atoms with van der Waals surface area (Å²) in [5, 5.41) is 4.19. The zero-order chi connectivity index (χ0) is 24.0. The number of halogens is 1. The molecule has 1 aromatic carbocycles. The molecule has 3 aromatic rings. The molecule has 1 unspecified atom stereocenters. The standard InChI is InChI=1S/C24H29ClN6.C2H6/c1-5-30(6-2)22-10-9-18(12-16(22)3)29-23-19-13-17(4)31(14-21(19)27-15-28-23)24-20(25)8-7-11-26-24;1-2/h7-12,15,17H,5-6,13-14H2,1-4H3,(H,27,28,29);1-2H3. The van der Waals surface area contributed by atoms with E-state index in [1.165, 1.54) is 11.3 Å². The van der Waals surface area contributed by atoms with E-state index < -0.39 is 0 Å². The van der Waals surface area contributed by atoms with Crippen molar-refractivity contribution in [1.29, 1.82) is 0 Å². The van der Waals surface area contributed by atoms with Gasteiger partial charge in [-0.1, -0.05) is 25.4 Å². The minimum atomic E-state index is 0.234. The molecule has 4 rings (SSSR count). The van der Waals surface area contributed by atoms with Crippen LogP contribution < -0.4 is 15.1 Å². The van der Waals surface area contributed by atoms with Crippen molar-refractivity contribution in [1.82, 2.24) is 15.0 Å². The highest BCUT2D eigenvalue weighted by Gasteiger charge is 2.28. The van der Waals surface area contributed by atoms with Crippen LogP contribution in [0.4, 0.5) is 23.0 Å². The molecular weight excluding hydrogens is 432 g/mol. The van der Waals surface area contributed by atoms with Gasteiger partial charge in [-0.3, -0.25) is 0 Å². The normalized spacial score (nSPS) is 14.8. The van der Waals surface area contributed by atoms with Crippen LogP contribution in [0.15, 0.2) is 42.9 Å². The first-order valence-electron chi connectivity index (χ1n) is 11.8. The average molecular weight is 467 g/mol. The monoisotopic (exact) mass is 466 g/mol. The largest absolute Gasteiger partial charge is 0.372 e. The summed E-state index contributed by atoms with van der Waals surface area (Å²) in [6.45, 7) is 15.4. The fourth-order valence-corrected chi connectivity index (χ4v) is 4.52. The molecule has 0 saturated heterocycles. The summed E-state index contributed by atoms with van der Waals surface area (Å²) in [6, 6.07) is 10.5. The van der Waals surface area contributed by atoms with Gasteiger partial charge in [0.25, 0.3) is 0 Å². The van der Waals surface area contributed by atoms with Crippen molar-refractivity contribution >= 4 is 34.6 Å². The number of nitrogens with zero attached hydrogens (tertiary/aromatic N) is 5. The number of pyridine rings is 1. The Hall–Kier alpha value is -2.86. The maximum absolute atomic E-state index is 6.41. The van der Waals surface area contributed by atoms with Crippen molar-refractivity contribution < 1.29 is 0 Å². The third kappa shape index (κ3) is 5.38. The number of hydrogen-bond acceptors (Lipinski definition) is 6. The van der Waals surface area contributed by atoms with E-state index in [-0.39, 0.29) is 6.04 Å². The summed E-state index contributed by atoms with van der Waals surface area (Å²) >= 11 is 6.41. The van der Waals surface area contributed by atoms with E-state index in [9.17, 15) is 0 Å². The molecule has 0 bridgehead atoms. The van der Waals surface area contributed by atoms with Gasteiger partial charge in [-0.05, 0) is 70.0 Å². The Kier molecular flexibility index (Phi) is 8.50. The van der Waals surface area contributed by atoms with E-state index >= 15 is 0 Å². The molecule has 0 aliphatic carbocycles. The molecule has 1 aliphatic heterocycles. The molecule has 0 spiro atoms. The number of rotatable bonds is 6. The Balaban J connectivity index is 0.00000149. The second-order valence-electron chi connectivity index (χ2n) is 7.94. The second-order valence-corrected chi connectivity index (χ2v) is 8.34. The van der Waals surface area contributed by atoms with Gasteiger partial charge < -0.3 is 15.1 Å². The smallest absolute Gasteiger partial charge is 0.147 e. The Labute approximate surface area is 203 Å². The van der Waals surface area contributed by atoms with E-state index in [4.69, 9.17) is 11.6 Å². The lowest BCUT2D eigenvalue weighted by molar-refractivity contribution is 0.575. The summed E-state index contributed by atoms with van der Waals surface area (Å²) in [5.74, 6) is 1.68. The molecule has 1 N–H and O–H groups in total. The zero-order valence-electron chi connectivity index (χ0n) is 20.6. The maximum Gasteiger partial charge on any atom is 0.147 e.